The molecule has 0 unspecified atom stereocenters. The molecule has 1 aliphatic carbocycles. The standard InChI is InChI=1S/C45H33N/c1-45(2)42-19-11-10-17-39(42)40-25-24-36(29-43(40)45)46(44-28-34-14-6-7-15-37(34)38-16-8-9-18-41(38)44)35-23-22-32-26-31(20-21-33(32)27-35)30-12-4-3-5-13-30/h3-29H,1-2H3. The van der Waals surface area contributed by atoms with Gasteiger partial charge in [0.2, 0.25) is 0 Å². The lowest BCUT2D eigenvalue weighted by Crippen LogP contribution is -2.16. The lowest BCUT2D eigenvalue weighted by atomic mass is 9.82. The minimum Gasteiger partial charge on any atom is -0.310 e. The average molecular weight is 588 g/mol. The van der Waals surface area contributed by atoms with Gasteiger partial charge in [-0.3, -0.25) is 0 Å². The van der Waals surface area contributed by atoms with E-state index in [0.717, 1.165) is 5.69 Å². The zero-order chi connectivity index (χ0) is 30.8. The summed E-state index contributed by atoms with van der Waals surface area (Å²) >= 11 is 0. The maximum absolute atomic E-state index is 2.47. The van der Waals surface area contributed by atoms with Crippen LogP contribution in [0, 0.1) is 0 Å². The molecule has 0 heterocycles. The Hall–Kier alpha value is -5.66. The van der Waals surface area contributed by atoms with Gasteiger partial charge in [-0.15, -0.1) is 0 Å². The van der Waals surface area contributed by atoms with Crippen LogP contribution >= 0.6 is 0 Å². The molecule has 0 aromatic heterocycles. The fraction of sp³-hybridized carbons (Fsp3) is 0.0667. The number of anilines is 3. The maximum atomic E-state index is 2.47. The van der Waals surface area contributed by atoms with Crippen LogP contribution < -0.4 is 4.90 Å². The SMILES string of the molecule is CC1(C)c2ccccc2-c2ccc(N(c3ccc4cc(-c5ccccc5)ccc4c3)c3cc4ccccc4c4ccccc34)cc21. The third-order valence-electron chi connectivity index (χ3n) is 10.0. The second-order valence-corrected chi connectivity index (χ2v) is 13.0. The maximum Gasteiger partial charge on any atom is 0.0546 e. The molecule has 0 radical (unpaired) electrons. The van der Waals surface area contributed by atoms with E-state index in [4.69, 9.17) is 0 Å². The van der Waals surface area contributed by atoms with Gasteiger partial charge in [-0.25, -0.2) is 0 Å². The van der Waals surface area contributed by atoms with Crippen LogP contribution in [0.4, 0.5) is 17.1 Å². The molecule has 0 spiro atoms. The zero-order valence-electron chi connectivity index (χ0n) is 26.0. The first-order chi connectivity index (χ1) is 22.6. The van der Waals surface area contributed by atoms with Crippen LogP contribution in [-0.2, 0) is 5.41 Å². The molecule has 9 rings (SSSR count). The van der Waals surface area contributed by atoms with Crippen LogP contribution in [0.1, 0.15) is 25.0 Å². The Morgan fingerprint density at radius 3 is 1.89 bits per heavy atom. The van der Waals surface area contributed by atoms with Crippen molar-refractivity contribution in [1.82, 2.24) is 0 Å². The molecule has 0 atom stereocenters. The number of fused-ring (bicyclic) bond motifs is 7. The normalized spacial score (nSPS) is 13.2. The third kappa shape index (κ3) is 4.09. The molecule has 0 saturated carbocycles. The van der Waals surface area contributed by atoms with Gasteiger partial charge >= 0.3 is 0 Å². The first kappa shape index (κ1) is 26.7. The van der Waals surface area contributed by atoms with Crippen LogP contribution in [0.3, 0.4) is 0 Å². The Bertz CT molecular complexity index is 2450. The zero-order valence-corrected chi connectivity index (χ0v) is 26.0. The number of hydrogen-bond acceptors (Lipinski definition) is 1. The van der Waals surface area contributed by atoms with Crippen molar-refractivity contribution in [2.45, 2.75) is 19.3 Å². The van der Waals surface area contributed by atoms with Gasteiger partial charge in [-0.1, -0.05) is 141 Å². The number of rotatable bonds is 4. The van der Waals surface area contributed by atoms with E-state index >= 15 is 0 Å². The molecular formula is C45H33N. The Labute approximate surface area is 270 Å². The van der Waals surface area contributed by atoms with E-state index in [9.17, 15) is 0 Å². The first-order valence-electron chi connectivity index (χ1n) is 16.1. The molecule has 1 aliphatic rings. The lowest BCUT2D eigenvalue weighted by Gasteiger charge is -2.30. The van der Waals surface area contributed by atoms with Crippen molar-refractivity contribution in [3.63, 3.8) is 0 Å². The summed E-state index contributed by atoms with van der Waals surface area (Å²) in [6.07, 6.45) is 0. The summed E-state index contributed by atoms with van der Waals surface area (Å²) in [5.41, 5.74) is 11.3. The minimum atomic E-state index is -0.0870. The van der Waals surface area contributed by atoms with Crippen LogP contribution in [0.2, 0.25) is 0 Å². The smallest absolute Gasteiger partial charge is 0.0546 e. The van der Waals surface area contributed by atoms with Crippen molar-refractivity contribution in [1.29, 1.82) is 0 Å². The number of benzene rings is 8. The molecule has 8 aromatic carbocycles. The molecule has 0 bridgehead atoms. The van der Waals surface area contributed by atoms with E-state index in [1.807, 2.05) is 0 Å². The molecule has 0 saturated heterocycles. The molecule has 8 aromatic rings. The van der Waals surface area contributed by atoms with E-state index < -0.39 is 0 Å². The highest BCUT2D eigenvalue weighted by atomic mass is 15.1. The van der Waals surface area contributed by atoms with Gasteiger partial charge in [0.05, 0.1) is 5.69 Å². The van der Waals surface area contributed by atoms with Crippen LogP contribution in [0.5, 0.6) is 0 Å². The number of nitrogens with zero attached hydrogens (tertiary/aromatic N) is 1. The van der Waals surface area contributed by atoms with Crippen molar-refractivity contribution in [3.8, 4) is 22.3 Å². The van der Waals surface area contributed by atoms with Gasteiger partial charge < -0.3 is 4.90 Å². The van der Waals surface area contributed by atoms with Crippen molar-refractivity contribution in [2.75, 3.05) is 4.90 Å². The van der Waals surface area contributed by atoms with Crippen LogP contribution in [0.15, 0.2) is 164 Å². The van der Waals surface area contributed by atoms with E-state index in [1.165, 1.54) is 77.1 Å². The number of hydrogen-bond donors (Lipinski definition) is 0. The highest BCUT2D eigenvalue weighted by Crippen LogP contribution is 2.51. The molecular weight excluding hydrogens is 555 g/mol. The van der Waals surface area contributed by atoms with Gasteiger partial charge in [-0.05, 0) is 96.7 Å². The monoisotopic (exact) mass is 587 g/mol. The third-order valence-corrected chi connectivity index (χ3v) is 10.0. The summed E-state index contributed by atoms with van der Waals surface area (Å²) in [5.74, 6) is 0. The van der Waals surface area contributed by atoms with E-state index in [0.29, 0.717) is 0 Å². The Morgan fingerprint density at radius 2 is 1.02 bits per heavy atom. The highest BCUT2D eigenvalue weighted by Gasteiger charge is 2.35. The minimum absolute atomic E-state index is 0.0870. The molecule has 0 aliphatic heterocycles. The predicted octanol–water partition coefficient (Wildman–Crippen LogP) is 12.6. The molecule has 1 nitrogen and oxygen atoms in total. The predicted molar refractivity (Wildman–Crippen MR) is 197 cm³/mol. The second-order valence-electron chi connectivity index (χ2n) is 13.0. The Balaban J connectivity index is 1.28. The average Bonchev–Trinajstić information content (AvgIpc) is 3.34. The van der Waals surface area contributed by atoms with Crippen LogP contribution in [0.25, 0.3) is 54.6 Å². The Kier molecular flexibility index (Phi) is 5.92. The Morgan fingerprint density at radius 1 is 0.391 bits per heavy atom. The van der Waals surface area contributed by atoms with Gasteiger partial charge in [0.1, 0.15) is 0 Å². The van der Waals surface area contributed by atoms with Gasteiger partial charge in [0.15, 0.2) is 0 Å². The summed E-state index contributed by atoms with van der Waals surface area (Å²) in [4.78, 5) is 2.47. The molecule has 0 amide bonds. The molecule has 0 fully saturated rings. The van der Waals surface area contributed by atoms with Crippen molar-refractivity contribution in [2.24, 2.45) is 0 Å². The topological polar surface area (TPSA) is 3.24 Å². The van der Waals surface area contributed by atoms with Crippen molar-refractivity contribution >= 4 is 49.4 Å². The summed E-state index contributed by atoms with van der Waals surface area (Å²) < 4.78 is 0. The summed E-state index contributed by atoms with van der Waals surface area (Å²) in [6.45, 7) is 4.72. The summed E-state index contributed by atoms with van der Waals surface area (Å²) in [5, 5.41) is 7.48. The largest absolute Gasteiger partial charge is 0.310 e. The van der Waals surface area contributed by atoms with Gasteiger partial charge in [0.25, 0.3) is 0 Å². The van der Waals surface area contributed by atoms with Gasteiger partial charge in [-0.2, -0.15) is 0 Å². The first-order valence-corrected chi connectivity index (χ1v) is 16.1. The van der Waals surface area contributed by atoms with Crippen molar-refractivity contribution < 1.29 is 0 Å². The molecule has 46 heavy (non-hydrogen) atoms. The van der Waals surface area contributed by atoms with E-state index in [2.05, 4.69) is 183 Å². The lowest BCUT2D eigenvalue weighted by molar-refractivity contribution is 0.660. The van der Waals surface area contributed by atoms with Crippen molar-refractivity contribution in [3.05, 3.63) is 175 Å². The van der Waals surface area contributed by atoms with E-state index in [1.54, 1.807) is 0 Å². The fourth-order valence-corrected chi connectivity index (χ4v) is 7.66. The van der Waals surface area contributed by atoms with E-state index in [-0.39, 0.29) is 5.41 Å². The molecule has 1 heteroatoms. The molecule has 0 N–H and O–H groups in total. The van der Waals surface area contributed by atoms with Crippen LogP contribution in [-0.4, -0.2) is 0 Å². The molecule has 218 valence electrons. The second kappa shape index (κ2) is 10.2. The highest BCUT2D eigenvalue weighted by molar-refractivity contribution is 6.14. The van der Waals surface area contributed by atoms with Gasteiger partial charge in [0, 0.05) is 22.2 Å². The quantitative estimate of drug-likeness (QED) is 0.185. The fourth-order valence-electron chi connectivity index (χ4n) is 7.66. The summed E-state index contributed by atoms with van der Waals surface area (Å²) in [7, 11) is 0. The summed E-state index contributed by atoms with van der Waals surface area (Å²) in [6, 6.07) is 60.3.